The van der Waals surface area contributed by atoms with Gasteiger partial charge in [-0.2, -0.15) is 5.21 Å². The van der Waals surface area contributed by atoms with Crippen LogP contribution in [0.5, 0.6) is 0 Å². The molecule has 7 heteroatoms. The number of nitrogens with one attached hydrogen (secondary N) is 1. The summed E-state index contributed by atoms with van der Waals surface area (Å²) in [5, 5.41) is 13.4. The van der Waals surface area contributed by atoms with E-state index in [0.29, 0.717) is 12.4 Å². The van der Waals surface area contributed by atoms with Crippen LogP contribution in [0.4, 0.5) is 0 Å². The molecule has 0 saturated carbocycles. The molecular formula is C11H19N5O2. The minimum absolute atomic E-state index is 0.0428. The van der Waals surface area contributed by atoms with Crippen molar-refractivity contribution in [2.75, 3.05) is 19.7 Å². The molecule has 2 rings (SSSR count). The quantitative estimate of drug-likeness (QED) is 0.808. The van der Waals surface area contributed by atoms with Crippen LogP contribution in [0.2, 0.25) is 0 Å². The van der Waals surface area contributed by atoms with Gasteiger partial charge in [0.05, 0.1) is 12.5 Å². The fraction of sp³-hybridized carbons (Fsp3) is 0.818. The molecule has 100 valence electrons. The first-order valence-electron chi connectivity index (χ1n) is 6.41. The molecule has 0 aromatic carbocycles. The van der Waals surface area contributed by atoms with E-state index in [1.165, 1.54) is 0 Å². The summed E-state index contributed by atoms with van der Waals surface area (Å²) in [5.74, 6) is 0.484. The number of ether oxygens (including phenoxy) is 1. The van der Waals surface area contributed by atoms with Crippen LogP contribution in [0.1, 0.15) is 32.0 Å². The van der Waals surface area contributed by atoms with E-state index in [1.54, 1.807) is 0 Å². The van der Waals surface area contributed by atoms with Gasteiger partial charge in [-0.1, -0.05) is 12.1 Å². The van der Waals surface area contributed by atoms with Crippen molar-refractivity contribution in [2.45, 2.75) is 38.7 Å². The molecule has 0 radical (unpaired) electrons. The predicted molar refractivity (Wildman–Crippen MR) is 63.7 cm³/mol. The van der Waals surface area contributed by atoms with Crippen molar-refractivity contribution in [2.24, 2.45) is 0 Å². The van der Waals surface area contributed by atoms with Gasteiger partial charge < -0.3 is 9.64 Å². The van der Waals surface area contributed by atoms with Gasteiger partial charge in [-0.15, -0.1) is 10.2 Å². The van der Waals surface area contributed by atoms with Gasteiger partial charge in [-0.25, -0.2) is 0 Å². The summed E-state index contributed by atoms with van der Waals surface area (Å²) >= 11 is 0. The highest BCUT2D eigenvalue weighted by Gasteiger charge is 2.24. The molecule has 1 aliphatic heterocycles. The average molecular weight is 253 g/mol. The lowest BCUT2D eigenvalue weighted by Gasteiger charge is -2.32. The number of aromatic nitrogens is 4. The fourth-order valence-electron chi connectivity index (χ4n) is 2.09. The summed E-state index contributed by atoms with van der Waals surface area (Å²) in [6.45, 7) is 4.32. The van der Waals surface area contributed by atoms with Gasteiger partial charge in [-0.3, -0.25) is 4.79 Å². The molecule has 0 bridgehead atoms. The number of nitrogens with zero attached hydrogens (tertiary/aromatic N) is 4. The number of amides is 1. The lowest BCUT2D eigenvalue weighted by Crippen LogP contribution is -2.44. The topological polar surface area (TPSA) is 84.0 Å². The molecule has 1 aromatic heterocycles. The van der Waals surface area contributed by atoms with Crippen LogP contribution < -0.4 is 0 Å². The normalized spacial score (nSPS) is 20.1. The Balaban J connectivity index is 1.82. The van der Waals surface area contributed by atoms with Crippen LogP contribution >= 0.6 is 0 Å². The largest absolute Gasteiger partial charge is 0.376 e. The van der Waals surface area contributed by atoms with Crippen LogP contribution in [0.15, 0.2) is 0 Å². The molecule has 18 heavy (non-hydrogen) atoms. The summed E-state index contributed by atoms with van der Waals surface area (Å²) in [7, 11) is 0. The van der Waals surface area contributed by atoms with Crippen molar-refractivity contribution in [3.63, 3.8) is 0 Å². The van der Waals surface area contributed by atoms with Crippen molar-refractivity contribution >= 4 is 5.91 Å². The zero-order valence-corrected chi connectivity index (χ0v) is 10.6. The monoisotopic (exact) mass is 253 g/mol. The number of H-pyrrole nitrogens is 1. The summed E-state index contributed by atoms with van der Waals surface area (Å²) in [4.78, 5) is 13.9. The predicted octanol–water partition coefficient (Wildman–Crippen LogP) is 0.160. The lowest BCUT2D eigenvalue weighted by atomic mass is 10.1. The summed E-state index contributed by atoms with van der Waals surface area (Å²) in [6, 6.07) is 0. The van der Waals surface area contributed by atoms with E-state index >= 15 is 0 Å². The number of rotatable bonds is 5. The maximum Gasteiger partial charge on any atom is 0.230 e. The van der Waals surface area contributed by atoms with Crippen molar-refractivity contribution in [3.05, 3.63) is 5.82 Å². The molecule has 1 aromatic rings. The number of piperidine rings is 1. The molecule has 0 spiro atoms. The zero-order chi connectivity index (χ0) is 12.8. The first-order chi connectivity index (χ1) is 8.79. The van der Waals surface area contributed by atoms with Crippen LogP contribution in [0.25, 0.3) is 0 Å². The Kier molecular flexibility index (Phi) is 4.63. The Morgan fingerprint density at radius 3 is 3.22 bits per heavy atom. The van der Waals surface area contributed by atoms with Crippen molar-refractivity contribution in [1.82, 2.24) is 25.5 Å². The van der Waals surface area contributed by atoms with Gasteiger partial charge in [-0.05, 0) is 19.3 Å². The second-order valence-corrected chi connectivity index (χ2v) is 4.48. The third-order valence-electron chi connectivity index (χ3n) is 2.99. The van der Waals surface area contributed by atoms with Crippen LogP contribution in [0, 0.1) is 0 Å². The SMILES string of the molecule is CCCOC1CCCN(C(=O)Cc2nn[nH]n2)C1. The molecular weight excluding hydrogens is 234 g/mol. The van der Waals surface area contributed by atoms with Gasteiger partial charge in [0.25, 0.3) is 0 Å². The number of hydrogen-bond donors (Lipinski definition) is 1. The van der Waals surface area contributed by atoms with Crippen LogP contribution in [0.3, 0.4) is 0 Å². The standard InChI is InChI=1S/C11H19N5O2/c1-2-6-18-9-4-3-5-16(8-9)11(17)7-10-12-14-15-13-10/h9H,2-8H2,1H3,(H,12,13,14,15). The minimum Gasteiger partial charge on any atom is -0.376 e. The number of tetrazole rings is 1. The van der Waals surface area contributed by atoms with E-state index < -0.39 is 0 Å². The number of carbonyl (C=O) groups excluding carboxylic acids is 1. The maximum atomic E-state index is 12.0. The summed E-state index contributed by atoms with van der Waals surface area (Å²) in [5.41, 5.74) is 0. The minimum atomic E-state index is 0.0428. The van der Waals surface area contributed by atoms with E-state index in [1.807, 2.05) is 4.90 Å². The van der Waals surface area contributed by atoms with E-state index in [4.69, 9.17) is 4.74 Å². The van der Waals surface area contributed by atoms with Gasteiger partial charge in [0.15, 0.2) is 5.82 Å². The molecule has 1 amide bonds. The smallest absolute Gasteiger partial charge is 0.230 e. The molecule has 0 aliphatic carbocycles. The molecule has 1 aliphatic rings. The zero-order valence-electron chi connectivity index (χ0n) is 10.6. The first-order valence-corrected chi connectivity index (χ1v) is 6.41. The van der Waals surface area contributed by atoms with E-state index in [9.17, 15) is 4.79 Å². The molecule has 1 unspecified atom stereocenters. The highest BCUT2D eigenvalue weighted by Crippen LogP contribution is 2.14. The molecule has 1 saturated heterocycles. The van der Waals surface area contributed by atoms with Crippen molar-refractivity contribution < 1.29 is 9.53 Å². The van der Waals surface area contributed by atoms with Crippen LogP contribution in [-0.2, 0) is 16.0 Å². The Morgan fingerprint density at radius 2 is 2.50 bits per heavy atom. The van der Waals surface area contributed by atoms with Crippen molar-refractivity contribution in [3.8, 4) is 0 Å². The van der Waals surface area contributed by atoms with Gasteiger partial charge >= 0.3 is 0 Å². The Bertz CT molecular complexity index is 368. The lowest BCUT2D eigenvalue weighted by molar-refractivity contribution is -0.134. The first kappa shape index (κ1) is 12.9. The maximum absolute atomic E-state index is 12.0. The fourth-order valence-corrected chi connectivity index (χ4v) is 2.09. The third kappa shape index (κ3) is 3.49. The molecule has 2 heterocycles. The van der Waals surface area contributed by atoms with E-state index in [-0.39, 0.29) is 18.4 Å². The average Bonchev–Trinajstić information content (AvgIpc) is 2.89. The van der Waals surface area contributed by atoms with Crippen LogP contribution in [-0.4, -0.2) is 57.2 Å². The van der Waals surface area contributed by atoms with Gasteiger partial charge in [0.2, 0.25) is 5.91 Å². The second kappa shape index (κ2) is 6.44. The highest BCUT2D eigenvalue weighted by molar-refractivity contribution is 5.78. The number of aromatic amines is 1. The van der Waals surface area contributed by atoms with Crippen molar-refractivity contribution in [1.29, 1.82) is 0 Å². The van der Waals surface area contributed by atoms with E-state index in [0.717, 1.165) is 32.4 Å². The Hall–Kier alpha value is -1.50. The highest BCUT2D eigenvalue weighted by atomic mass is 16.5. The Morgan fingerprint density at radius 1 is 1.61 bits per heavy atom. The summed E-state index contributed by atoms with van der Waals surface area (Å²) < 4.78 is 5.70. The number of likely N-dealkylation sites (tertiary alicyclic amines) is 1. The number of hydrogen-bond acceptors (Lipinski definition) is 5. The van der Waals surface area contributed by atoms with E-state index in [2.05, 4.69) is 27.5 Å². The summed E-state index contributed by atoms with van der Waals surface area (Å²) in [6.07, 6.45) is 3.41. The Labute approximate surface area is 106 Å². The molecule has 1 atom stereocenters. The van der Waals surface area contributed by atoms with Gasteiger partial charge in [0.1, 0.15) is 0 Å². The molecule has 1 fully saturated rings. The third-order valence-corrected chi connectivity index (χ3v) is 2.99. The molecule has 7 nitrogen and oxygen atoms in total. The number of carbonyl (C=O) groups is 1. The second-order valence-electron chi connectivity index (χ2n) is 4.48. The molecule has 1 N–H and O–H groups in total. The van der Waals surface area contributed by atoms with Gasteiger partial charge in [0, 0.05) is 19.7 Å².